The van der Waals surface area contributed by atoms with Crippen LogP contribution in [-0.2, 0) is 10.0 Å². The van der Waals surface area contributed by atoms with Crippen LogP contribution in [0.2, 0.25) is 0 Å². The minimum Gasteiger partial charge on any atom is -0.372 e. The SMILES string of the molecule is Cc1ccc(S(=O)(=O)NC(=O)c2ccc(N3CCCC3)cc2)cc1. The van der Waals surface area contributed by atoms with Crippen LogP contribution in [-0.4, -0.2) is 27.4 Å². The maximum absolute atomic E-state index is 12.3. The van der Waals surface area contributed by atoms with E-state index < -0.39 is 15.9 Å². The molecule has 1 N–H and O–H groups in total. The number of nitrogens with one attached hydrogen (secondary N) is 1. The Bertz CT molecular complexity index is 822. The molecule has 6 heteroatoms. The second-order valence-corrected chi connectivity index (χ2v) is 7.67. The van der Waals surface area contributed by atoms with Crippen molar-refractivity contribution in [3.8, 4) is 0 Å². The Morgan fingerprint density at radius 3 is 2.12 bits per heavy atom. The van der Waals surface area contributed by atoms with Gasteiger partial charge in [-0.3, -0.25) is 4.79 Å². The first-order valence-corrected chi connectivity index (χ1v) is 9.43. The lowest BCUT2D eigenvalue weighted by Crippen LogP contribution is -2.30. The molecule has 2 aromatic rings. The second kappa shape index (κ2) is 6.65. The molecule has 1 saturated heterocycles. The third-order valence-corrected chi connectivity index (χ3v) is 5.51. The largest absolute Gasteiger partial charge is 0.372 e. The van der Waals surface area contributed by atoms with E-state index in [1.807, 2.05) is 19.1 Å². The quantitative estimate of drug-likeness (QED) is 0.926. The molecule has 0 bridgehead atoms. The van der Waals surface area contributed by atoms with Crippen molar-refractivity contribution >= 4 is 21.6 Å². The zero-order valence-electron chi connectivity index (χ0n) is 13.5. The van der Waals surface area contributed by atoms with Gasteiger partial charge in [0, 0.05) is 24.3 Å². The van der Waals surface area contributed by atoms with Crippen LogP contribution in [0.5, 0.6) is 0 Å². The lowest BCUT2D eigenvalue weighted by Gasteiger charge is -2.17. The van der Waals surface area contributed by atoms with Gasteiger partial charge >= 0.3 is 0 Å². The van der Waals surface area contributed by atoms with Crippen molar-refractivity contribution in [1.82, 2.24) is 4.72 Å². The summed E-state index contributed by atoms with van der Waals surface area (Å²) < 4.78 is 26.6. The molecule has 3 rings (SSSR count). The van der Waals surface area contributed by atoms with Gasteiger partial charge in [0.15, 0.2) is 0 Å². The van der Waals surface area contributed by atoms with Crippen LogP contribution >= 0.6 is 0 Å². The third kappa shape index (κ3) is 3.59. The summed E-state index contributed by atoms with van der Waals surface area (Å²) in [5, 5.41) is 0. The average molecular weight is 344 g/mol. The van der Waals surface area contributed by atoms with Crippen LogP contribution in [0, 0.1) is 6.92 Å². The maximum atomic E-state index is 12.3. The highest BCUT2D eigenvalue weighted by Crippen LogP contribution is 2.20. The van der Waals surface area contributed by atoms with Crippen molar-refractivity contribution in [1.29, 1.82) is 0 Å². The van der Waals surface area contributed by atoms with E-state index in [0.29, 0.717) is 5.56 Å². The van der Waals surface area contributed by atoms with Gasteiger partial charge in [0.1, 0.15) is 0 Å². The molecule has 5 nitrogen and oxygen atoms in total. The van der Waals surface area contributed by atoms with Crippen LogP contribution < -0.4 is 9.62 Å². The molecule has 0 unspecified atom stereocenters. The third-order valence-electron chi connectivity index (χ3n) is 4.16. The van der Waals surface area contributed by atoms with Crippen LogP contribution in [0.1, 0.15) is 28.8 Å². The summed E-state index contributed by atoms with van der Waals surface area (Å²) in [6, 6.07) is 13.4. The fraction of sp³-hybridized carbons (Fsp3) is 0.278. The lowest BCUT2D eigenvalue weighted by atomic mass is 10.2. The molecule has 126 valence electrons. The van der Waals surface area contributed by atoms with Gasteiger partial charge in [-0.1, -0.05) is 17.7 Å². The average Bonchev–Trinajstić information content (AvgIpc) is 3.09. The van der Waals surface area contributed by atoms with E-state index in [0.717, 1.165) is 24.3 Å². The first-order valence-electron chi connectivity index (χ1n) is 7.94. The summed E-state index contributed by atoms with van der Waals surface area (Å²) in [5.41, 5.74) is 2.34. The van der Waals surface area contributed by atoms with Crippen LogP contribution in [0.3, 0.4) is 0 Å². The minimum absolute atomic E-state index is 0.0788. The molecule has 0 saturated carbocycles. The first-order chi connectivity index (χ1) is 11.5. The molecule has 0 aromatic heterocycles. The molecule has 24 heavy (non-hydrogen) atoms. The highest BCUT2D eigenvalue weighted by Gasteiger charge is 2.19. The maximum Gasteiger partial charge on any atom is 0.264 e. The molecule has 0 spiro atoms. The van der Waals surface area contributed by atoms with E-state index in [9.17, 15) is 13.2 Å². The Morgan fingerprint density at radius 2 is 1.54 bits per heavy atom. The van der Waals surface area contributed by atoms with Crippen molar-refractivity contribution in [2.45, 2.75) is 24.7 Å². The van der Waals surface area contributed by atoms with Gasteiger partial charge in [0.05, 0.1) is 4.90 Å². The van der Waals surface area contributed by atoms with Gasteiger partial charge in [-0.25, -0.2) is 13.1 Å². The summed E-state index contributed by atoms with van der Waals surface area (Å²) in [7, 11) is -3.86. The summed E-state index contributed by atoms with van der Waals surface area (Å²) in [4.78, 5) is 14.6. The number of rotatable bonds is 4. The highest BCUT2D eigenvalue weighted by atomic mass is 32.2. The number of benzene rings is 2. The van der Waals surface area contributed by atoms with Crippen molar-refractivity contribution in [3.05, 3.63) is 59.7 Å². The molecular weight excluding hydrogens is 324 g/mol. The monoisotopic (exact) mass is 344 g/mol. The fourth-order valence-corrected chi connectivity index (χ4v) is 3.73. The smallest absolute Gasteiger partial charge is 0.264 e. The van der Waals surface area contributed by atoms with Gasteiger partial charge in [0.25, 0.3) is 15.9 Å². The number of aryl methyl sites for hydroxylation is 1. The van der Waals surface area contributed by atoms with E-state index in [4.69, 9.17) is 0 Å². The topological polar surface area (TPSA) is 66.5 Å². The zero-order chi connectivity index (χ0) is 17.2. The number of amides is 1. The Kier molecular flexibility index (Phi) is 4.57. The predicted octanol–water partition coefficient (Wildman–Crippen LogP) is 2.71. The normalized spacial score (nSPS) is 14.6. The molecule has 1 amide bonds. The van der Waals surface area contributed by atoms with Gasteiger partial charge in [0.2, 0.25) is 0 Å². The molecule has 0 aliphatic carbocycles. The van der Waals surface area contributed by atoms with Crippen molar-refractivity contribution in [2.75, 3.05) is 18.0 Å². The number of carbonyl (C=O) groups is 1. The van der Waals surface area contributed by atoms with Gasteiger partial charge in [-0.05, 0) is 56.2 Å². The molecular formula is C18H20N2O3S. The fourth-order valence-electron chi connectivity index (χ4n) is 2.76. The van der Waals surface area contributed by atoms with Crippen molar-refractivity contribution in [3.63, 3.8) is 0 Å². The van der Waals surface area contributed by atoms with Crippen LogP contribution in [0.4, 0.5) is 5.69 Å². The van der Waals surface area contributed by atoms with Crippen LogP contribution in [0.15, 0.2) is 53.4 Å². The lowest BCUT2D eigenvalue weighted by molar-refractivity contribution is 0.0981. The van der Waals surface area contributed by atoms with Crippen molar-refractivity contribution in [2.24, 2.45) is 0 Å². The summed E-state index contributed by atoms with van der Waals surface area (Å²) in [6.45, 7) is 3.91. The van der Waals surface area contributed by atoms with E-state index in [1.165, 1.54) is 25.0 Å². The Balaban J connectivity index is 1.73. The summed E-state index contributed by atoms with van der Waals surface area (Å²) >= 11 is 0. The Labute approximate surface area is 142 Å². The van der Waals surface area contributed by atoms with Gasteiger partial charge < -0.3 is 4.90 Å². The van der Waals surface area contributed by atoms with Crippen molar-refractivity contribution < 1.29 is 13.2 Å². The molecule has 1 heterocycles. The van der Waals surface area contributed by atoms with E-state index >= 15 is 0 Å². The molecule has 2 aromatic carbocycles. The standard InChI is InChI=1S/C18H20N2O3S/c1-14-4-10-17(11-5-14)24(22,23)19-18(21)15-6-8-16(9-7-15)20-12-2-3-13-20/h4-11H,2-3,12-13H2,1H3,(H,19,21). The van der Waals surface area contributed by atoms with Crippen LogP contribution in [0.25, 0.3) is 0 Å². The molecule has 1 aliphatic rings. The molecule has 0 atom stereocenters. The highest BCUT2D eigenvalue weighted by molar-refractivity contribution is 7.90. The summed E-state index contributed by atoms with van der Waals surface area (Å²) in [6.07, 6.45) is 2.36. The van der Waals surface area contributed by atoms with E-state index in [2.05, 4.69) is 9.62 Å². The number of hydrogen-bond donors (Lipinski definition) is 1. The second-order valence-electron chi connectivity index (χ2n) is 5.99. The Hall–Kier alpha value is -2.34. The van der Waals surface area contributed by atoms with E-state index in [1.54, 1.807) is 24.3 Å². The number of nitrogens with zero attached hydrogens (tertiary/aromatic N) is 1. The summed E-state index contributed by atoms with van der Waals surface area (Å²) in [5.74, 6) is -0.622. The number of sulfonamides is 1. The number of anilines is 1. The Morgan fingerprint density at radius 1 is 0.958 bits per heavy atom. The zero-order valence-corrected chi connectivity index (χ0v) is 14.3. The number of carbonyl (C=O) groups excluding carboxylic acids is 1. The molecule has 1 fully saturated rings. The van der Waals surface area contributed by atoms with E-state index in [-0.39, 0.29) is 4.90 Å². The minimum atomic E-state index is -3.86. The first kappa shape index (κ1) is 16.5. The molecule has 0 radical (unpaired) electrons. The predicted molar refractivity (Wildman–Crippen MR) is 93.7 cm³/mol. The van der Waals surface area contributed by atoms with Gasteiger partial charge in [-0.15, -0.1) is 0 Å². The number of hydrogen-bond acceptors (Lipinski definition) is 4. The van der Waals surface area contributed by atoms with Gasteiger partial charge in [-0.2, -0.15) is 0 Å². The molecule has 1 aliphatic heterocycles.